The molecule has 0 fully saturated rings. The molecule has 0 spiro atoms. The van der Waals surface area contributed by atoms with E-state index in [9.17, 15) is 9.59 Å². The minimum Gasteiger partial charge on any atom is -0.466 e. The molecule has 0 saturated carbocycles. The molecular weight excluding hydrogens is 304 g/mol. The topological polar surface area (TPSA) is 52.6 Å². The molecule has 0 unspecified atom stereocenters. The van der Waals surface area contributed by atoms with Gasteiger partial charge in [-0.1, -0.05) is 30.3 Å². The van der Waals surface area contributed by atoms with E-state index in [-0.39, 0.29) is 24.1 Å². The summed E-state index contributed by atoms with van der Waals surface area (Å²) in [5.41, 5.74) is 1.80. The average molecular weight is 326 g/mol. The van der Waals surface area contributed by atoms with Crippen molar-refractivity contribution in [2.75, 3.05) is 6.61 Å². The van der Waals surface area contributed by atoms with Gasteiger partial charge in [0.15, 0.2) is 5.78 Å². The van der Waals surface area contributed by atoms with Crippen molar-refractivity contribution in [3.05, 3.63) is 59.1 Å². The van der Waals surface area contributed by atoms with Gasteiger partial charge in [0.25, 0.3) is 0 Å². The van der Waals surface area contributed by atoms with Gasteiger partial charge in [0, 0.05) is 24.3 Å². The monoisotopic (exact) mass is 326 g/mol. The molecule has 0 amide bonds. The standard InChI is InChI=1S/C20H22O4/c1-2-23-19(22)13-15-12-16(14-8-4-3-5-9-14)20-17(21)10-6-7-11-18(20)24-15/h3-5,8-9,12,16H,2,6-7,10-11,13H2,1H3/t16-/m1/s1. The molecule has 126 valence electrons. The van der Waals surface area contributed by atoms with E-state index in [1.165, 1.54) is 0 Å². The lowest BCUT2D eigenvalue weighted by Crippen LogP contribution is -2.19. The van der Waals surface area contributed by atoms with Gasteiger partial charge in [-0.25, -0.2) is 0 Å². The molecule has 2 aliphatic rings. The van der Waals surface area contributed by atoms with E-state index in [0.717, 1.165) is 36.2 Å². The van der Waals surface area contributed by atoms with Crippen molar-refractivity contribution < 1.29 is 19.1 Å². The molecule has 1 aliphatic heterocycles. The maximum Gasteiger partial charge on any atom is 0.313 e. The number of ketones is 1. The van der Waals surface area contributed by atoms with Gasteiger partial charge in [0.1, 0.15) is 17.9 Å². The van der Waals surface area contributed by atoms with E-state index < -0.39 is 0 Å². The highest BCUT2D eigenvalue weighted by Crippen LogP contribution is 2.40. The van der Waals surface area contributed by atoms with Crippen LogP contribution in [0.5, 0.6) is 0 Å². The van der Waals surface area contributed by atoms with Gasteiger partial charge in [-0.3, -0.25) is 9.59 Å². The SMILES string of the molecule is CCOC(=O)CC1=C[C@H](c2ccccc2)C2=C(CCCCC2=O)O1. The Bertz CT molecular complexity index is 685. The zero-order chi connectivity index (χ0) is 16.9. The van der Waals surface area contributed by atoms with Crippen molar-refractivity contribution >= 4 is 11.8 Å². The van der Waals surface area contributed by atoms with Crippen molar-refractivity contribution in [2.45, 2.75) is 44.9 Å². The van der Waals surface area contributed by atoms with Crippen molar-refractivity contribution in [1.29, 1.82) is 0 Å². The lowest BCUT2D eigenvalue weighted by atomic mass is 9.85. The number of hydrogen-bond acceptors (Lipinski definition) is 4. The van der Waals surface area contributed by atoms with E-state index in [4.69, 9.17) is 9.47 Å². The first-order valence-corrected chi connectivity index (χ1v) is 8.54. The number of hydrogen-bond donors (Lipinski definition) is 0. The van der Waals surface area contributed by atoms with Crippen LogP contribution in [0.25, 0.3) is 0 Å². The van der Waals surface area contributed by atoms with Crippen LogP contribution in [0.15, 0.2) is 53.5 Å². The second-order valence-corrected chi connectivity index (χ2v) is 6.07. The summed E-state index contributed by atoms with van der Waals surface area (Å²) in [5, 5.41) is 0. The lowest BCUT2D eigenvalue weighted by Gasteiger charge is -2.26. The van der Waals surface area contributed by atoms with Crippen LogP contribution >= 0.6 is 0 Å². The zero-order valence-electron chi connectivity index (χ0n) is 13.9. The van der Waals surface area contributed by atoms with Crippen molar-refractivity contribution in [3.63, 3.8) is 0 Å². The minimum atomic E-state index is -0.306. The number of carbonyl (C=O) groups excluding carboxylic acids is 2. The van der Waals surface area contributed by atoms with Crippen LogP contribution in [-0.4, -0.2) is 18.4 Å². The summed E-state index contributed by atoms with van der Waals surface area (Å²) in [6.07, 6.45) is 5.11. The largest absolute Gasteiger partial charge is 0.466 e. The van der Waals surface area contributed by atoms with Crippen LogP contribution in [0.3, 0.4) is 0 Å². The Kier molecular flexibility index (Phi) is 5.14. The van der Waals surface area contributed by atoms with Gasteiger partial charge >= 0.3 is 5.97 Å². The molecule has 0 bridgehead atoms. The number of carbonyl (C=O) groups is 2. The molecule has 4 nitrogen and oxygen atoms in total. The maximum absolute atomic E-state index is 12.6. The van der Waals surface area contributed by atoms with Crippen LogP contribution in [0, 0.1) is 0 Å². The smallest absolute Gasteiger partial charge is 0.313 e. The molecular formula is C20H22O4. The van der Waals surface area contributed by atoms with E-state index in [0.29, 0.717) is 18.8 Å². The summed E-state index contributed by atoms with van der Waals surface area (Å²) in [4.78, 5) is 24.4. The number of rotatable bonds is 4. The Morgan fingerprint density at radius 1 is 1.21 bits per heavy atom. The Balaban J connectivity index is 1.96. The van der Waals surface area contributed by atoms with Crippen molar-refractivity contribution in [1.82, 2.24) is 0 Å². The zero-order valence-corrected chi connectivity index (χ0v) is 13.9. The highest BCUT2D eigenvalue weighted by molar-refractivity contribution is 5.98. The van der Waals surface area contributed by atoms with E-state index in [1.54, 1.807) is 6.92 Å². The first-order chi connectivity index (χ1) is 11.7. The van der Waals surface area contributed by atoms with Crippen LogP contribution in [0.4, 0.5) is 0 Å². The Labute approximate surface area is 142 Å². The second-order valence-electron chi connectivity index (χ2n) is 6.07. The van der Waals surface area contributed by atoms with Gasteiger partial charge in [-0.05, 0) is 31.4 Å². The lowest BCUT2D eigenvalue weighted by molar-refractivity contribution is -0.142. The quantitative estimate of drug-likeness (QED) is 0.784. The molecule has 1 aliphatic carbocycles. The van der Waals surface area contributed by atoms with Crippen LogP contribution in [0.2, 0.25) is 0 Å². The number of esters is 1. The van der Waals surface area contributed by atoms with E-state index in [2.05, 4.69) is 0 Å². The first kappa shape index (κ1) is 16.5. The van der Waals surface area contributed by atoms with Crippen LogP contribution in [0.1, 0.15) is 50.5 Å². The molecule has 1 heterocycles. The number of Topliss-reactive ketones (excluding diaryl/α,β-unsaturated/α-hetero) is 1. The number of ether oxygens (including phenoxy) is 2. The maximum atomic E-state index is 12.6. The predicted molar refractivity (Wildman–Crippen MR) is 90.1 cm³/mol. The average Bonchev–Trinajstić information content (AvgIpc) is 2.77. The summed E-state index contributed by atoms with van der Waals surface area (Å²) in [6, 6.07) is 9.90. The first-order valence-electron chi connectivity index (χ1n) is 8.54. The van der Waals surface area contributed by atoms with Gasteiger partial charge in [0.2, 0.25) is 0 Å². The summed E-state index contributed by atoms with van der Waals surface area (Å²) < 4.78 is 11.0. The van der Waals surface area contributed by atoms with Gasteiger partial charge < -0.3 is 9.47 Å². The Morgan fingerprint density at radius 2 is 1.96 bits per heavy atom. The number of benzene rings is 1. The summed E-state index contributed by atoms with van der Waals surface area (Å²) in [6.45, 7) is 2.13. The molecule has 0 N–H and O–H groups in total. The fraction of sp³-hybridized carbons (Fsp3) is 0.400. The molecule has 0 saturated heterocycles. The molecule has 4 heteroatoms. The van der Waals surface area contributed by atoms with Crippen LogP contribution in [-0.2, 0) is 19.1 Å². The Morgan fingerprint density at radius 3 is 2.71 bits per heavy atom. The third-order valence-corrected chi connectivity index (χ3v) is 4.36. The van der Waals surface area contributed by atoms with Crippen LogP contribution < -0.4 is 0 Å². The summed E-state index contributed by atoms with van der Waals surface area (Å²) in [7, 11) is 0. The molecule has 24 heavy (non-hydrogen) atoms. The fourth-order valence-electron chi connectivity index (χ4n) is 3.28. The molecule has 0 aromatic heterocycles. The highest BCUT2D eigenvalue weighted by atomic mass is 16.5. The van der Waals surface area contributed by atoms with E-state index >= 15 is 0 Å². The highest BCUT2D eigenvalue weighted by Gasteiger charge is 2.32. The molecule has 1 atom stereocenters. The molecule has 1 aromatic carbocycles. The summed E-state index contributed by atoms with van der Waals surface area (Å²) >= 11 is 0. The van der Waals surface area contributed by atoms with Gasteiger partial charge in [-0.15, -0.1) is 0 Å². The molecule has 3 rings (SSSR count). The van der Waals surface area contributed by atoms with Gasteiger partial charge in [0.05, 0.1) is 6.61 Å². The Hall–Kier alpha value is -2.36. The third kappa shape index (κ3) is 3.58. The van der Waals surface area contributed by atoms with E-state index in [1.807, 2.05) is 36.4 Å². The fourth-order valence-corrected chi connectivity index (χ4v) is 3.28. The predicted octanol–water partition coefficient (Wildman–Crippen LogP) is 4.03. The molecule has 1 aromatic rings. The summed E-state index contributed by atoms with van der Waals surface area (Å²) in [5.74, 6) is 1.01. The normalized spacial score (nSPS) is 20.6. The minimum absolute atomic E-state index is 0.0993. The molecule has 0 radical (unpaired) electrons. The third-order valence-electron chi connectivity index (χ3n) is 4.36. The van der Waals surface area contributed by atoms with Gasteiger partial charge in [-0.2, -0.15) is 0 Å². The van der Waals surface area contributed by atoms with Crippen molar-refractivity contribution in [3.8, 4) is 0 Å². The van der Waals surface area contributed by atoms with Crippen molar-refractivity contribution in [2.24, 2.45) is 0 Å². The second kappa shape index (κ2) is 7.47. The number of allylic oxidation sites excluding steroid dienone is 3.